The molecule has 0 spiro atoms. The molecule has 0 aliphatic carbocycles. The fraction of sp³-hybridized carbons (Fsp3) is 0.464. The third-order valence-electron chi connectivity index (χ3n) is 6.19. The summed E-state index contributed by atoms with van der Waals surface area (Å²) in [5.74, 6) is -0.719. The standard InChI is InChI=1S/C28H35NO7/c1-20-16-29(26(32)35-18-21-9-7-6-8-10-21)19-28(20,15-24(30)36-27(2,3)4)25(31)34-17-22-11-13-23(33-5)14-12-22/h6-14,20H,15-19H2,1-5H3/t20-,28+/m1/s1. The van der Waals surface area contributed by atoms with Crippen LogP contribution in [0.15, 0.2) is 54.6 Å². The molecule has 3 rings (SSSR count). The molecule has 1 fully saturated rings. The van der Waals surface area contributed by atoms with Crippen molar-refractivity contribution in [1.82, 2.24) is 4.90 Å². The van der Waals surface area contributed by atoms with Crippen molar-refractivity contribution < 1.29 is 33.3 Å². The predicted octanol–water partition coefficient (Wildman–Crippen LogP) is 4.75. The molecule has 8 nitrogen and oxygen atoms in total. The van der Waals surface area contributed by atoms with Crippen molar-refractivity contribution in [3.63, 3.8) is 0 Å². The number of rotatable bonds is 8. The Morgan fingerprint density at radius 1 is 0.944 bits per heavy atom. The van der Waals surface area contributed by atoms with E-state index in [1.807, 2.05) is 37.3 Å². The molecule has 1 aliphatic heterocycles. The Hall–Kier alpha value is -3.55. The first-order valence-corrected chi connectivity index (χ1v) is 12.0. The summed E-state index contributed by atoms with van der Waals surface area (Å²) in [6.07, 6.45) is -0.741. The first kappa shape index (κ1) is 27.0. The van der Waals surface area contributed by atoms with Crippen LogP contribution in [0.4, 0.5) is 4.79 Å². The topological polar surface area (TPSA) is 91.4 Å². The van der Waals surface area contributed by atoms with Crippen LogP contribution in [0, 0.1) is 11.3 Å². The lowest BCUT2D eigenvalue weighted by molar-refractivity contribution is -0.170. The molecular weight excluding hydrogens is 462 g/mol. The monoisotopic (exact) mass is 497 g/mol. The van der Waals surface area contributed by atoms with Gasteiger partial charge in [0.05, 0.1) is 13.5 Å². The fourth-order valence-electron chi connectivity index (χ4n) is 4.23. The number of methoxy groups -OCH3 is 1. The molecule has 2 atom stereocenters. The molecule has 0 radical (unpaired) electrons. The third-order valence-corrected chi connectivity index (χ3v) is 6.19. The van der Waals surface area contributed by atoms with E-state index in [2.05, 4.69) is 0 Å². The fourth-order valence-corrected chi connectivity index (χ4v) is 4.23. The molecule has 8 heteroatoms. The number of hydrogen-bond donors (Lipinski definition) is 0. The van der Waals surface area contributed by atoms with Gasteiger partial charge in [-0.15, -0.1) is 0 Å². The average Bonchev–Trinajstić information content (AvgIpc) is 3.17. The number of nitrogens with zero attached hydrogens (tertiary/aromatic N) is 1. The molecule has 1 saturated heterocycles. The van der Waals surface area contributed by atoms with Gasteiger partial charge < -0.3 is 23.8 Å². The molecule has 194 valence electrons. The maximum atomic E-state index is 13.5. The molecular formula is C28H35NO7. The number of likely N-dealkylation sites (tertiary alicyclic amines) is 1. The van der Waals surface area contributed by atoms with E-state index in [9.17, 15) is 14.4 Å². The highest BCUT2D eigenvalue weighted by Crippen LogP contribution is 2.41. The summed E-state index contributed by atoms with van der Waals surface area (Å²) in [7, 11) is 1.58. The van der Waals surface area contributed by atoms with Gasteiger partial charge in [0.1, 0.15) is 30.0 Å². The molecule has 36 heavy (non-hydrogen) atoms. The van der Waals surface area contributed by atoms with Crippen LogP contribution in [-0.2, 0) is 37.0 Å². The van der Waals surface area contributed by atoms with Crippen LogP contribution in [0.3, 0.4) is 0 Å². The van der Waals surface area contributed by atoms with Gasteiger partial charge in [0.2, 0.25) is 0 Å². The van der Waals surface area contributed by atoms with E-state index < -0.39 is 29.0 Å². The molecule has 1 heterocycles. The number of carbonyl (C=O) groups is 3. The van der Waals surface area contributed by atoms with Crippen molar-refractivity contribution in [3.05, 3.63) is 65.7 Å². The van der Waals surface area contributed by atoms with Crippen molar-refractivity contribution in [1.29, 1.82) is 0 Å². The SMILES string of the molecule is COc1ccc(COC(=O)[C@@]2(CC(=O)OC(C)(C)C)CN(C(=O)OCc3ccccc3)C[C@H]2C)cc1. The van der Waals surface area contributed by atoms with Gasteiger partial charge in [0.15, 0.2) is 0 Å². The van der Waals surface area contributed by atoms with E-state index in [0.717, 1.165) is 11.1 Å². The van der Waals surface area contributed by atoms with Gasteiger partial charge in [-0.1, -0.05) is 49.4 Å². The third kappa shape index (κ3) is 6.99. The largest absolute Gasteiger partial charge is 0.497 e. The minimum atomic E-state index is -1.25. The van der Waals surface area contributed by atoms with E-state index in [0.29, 0.717) is 5.75 Å². The zero-order valence-corrected chi connectivity index (χ0v) is 21.6. The Morgan fingerprint density at radius 2 is 1.56 bits per heavy atom. The number of amides is 1. The highest BCUT2D eigenvalue weighted by molar-refractivity contribution is 5.85. The lowest BCUT2D eigenvalue weighted by atomic mass is 9.76. The van der Waals surface area contributed by atoms with Gasteiger partial charge in [0.25, 0.3) is 0 Å². The average molecular weight is 498 g/mol. The highest BCUT2D eigenvalue weighted by Gasteiger charge is 2.54. The second kappa shape index (κ2) is 11.5. The van der Waals surface area contributed by atoms with Crippen LogP contribution in [-0.4, -0.2) is 48.7 Å². The molecule has 0 N–H and O–H groups in total. The first-order chi connectivity index (χ1) is 17.0. The van der Waals surface area contributed by atoms with Crippen molar-refractivity contribution in [2.24, 2.45) is 11.3 Å². The maximum Gasteiger partial charge on any atom is 0.410 e. The van der Waals surface area contributed by atoms with E-state index in [4.69, 9.17) is 18.9 Å². The Balaban J connectivity index is 1.74. The second-order valence-corrected chi connectivity index (χ2v) is 10.2. The summed E-state index contributed by atoms with van der Waals surface area (Å²) >= 11 is 0. The van der Waals surface area contributed by atoms with E-state index >= 15 is 0 Å². The summed E-state index contributed by atoms with van der Waals surface area (Å²) in [6.45, 7) is 7.55. The van der Waals surface area contributed by atoms with E-state index in [1.165, 1.54) is 4.90 Å². The van der Waals surface area contributed by atoms with Crippen molar-refractivity contribution in [2.45, 2.75) is 52.9 Å². The van der Waals surface area contributed by atoms with Crippen LogP contribution >= 0.6 is 0 Å². The van der Waals surface area contributed by atoms with E-state index in [1.54, 1.807) is 52.1 Å². The Labute approximate surface area is 212 Å². The van der Waals surface area contributed by atoms with Gasteiger partial charge in [-0.2, -0.15) is 0 Å². The number of carbonyl (C=O) groups excluding carboxylic acids is 3. The summed E-state index contributed by atoms with van der Waals surface area (Å²) < 4.78 is 21.8. The van der Waals surface area contributed by atoms with Crippen molar-refractivity contribution >= 4 is 18.0 Å². The summed E-state index contributed by atoms with van der Waals surface area (Å²) in [4.78, 5) is 40.6. The van der Waals surface area contributed by atoms with Gasteiger partial charge in [0, 0.05) is 13.1 Å². The van der Waals surface area contributed by atoms with Gasteiger partial charge in [-0.3, -0.25) is 9.59 Å². The molecule has 1 amide bonds. The van der Waals surface area contributed by atoms with Gasteiger partial charge >= 0.3 is 18.0 Å². The first-order valence-electron chi connectivity index (χ1n) is 12.0. The predicted molar refractivity (Wildman–Crippen MR) is 133 cm³/mol. The smallest absolute Gasteiger partial charge is 0.410 e. The van der Waals surface area contributed by atoms with Crippen molar-refractivity contribution in [2.75, 3.05) is 20.2 Å². The summed E-state index contributed by atoms with van der Waals surface area (Å²) in [6, 6.07) is 16.5. The molecule has 0 unspecified atom stereocenters. The molecule has 1 aliphatic rings. The zero-order valence-electron chi connectivity index (χ0n) is 21.6. The Kier molecular flexibility index (Phi) is 8.61. The Morgan fingerprint density at radius 3 is 2.17 bits per heavy atom. The van der Waals surface area contributed by atoms with Gasteiger partial charge in [-0.05, 0) is 49.9 Å². The molecule has 0 saturated carbocycles. The number of benzene rings is 2. The lowest BCUT2D eigenvalue weighted by Gasteiger charge is -2.31. The normalized spacial score (nSPS) is 19.5. The zero-order chi connectivity index (χ0) is 26.3. The number of ether oxygens (including phenoxy) is 4. The van der Waals surface area contributed by atoms with Crippen molar-refractivity contribution in [3.8, 4) is 5.75 Å². The van der Waals surface area contributed by atoms with Crippen LogP contribution in [0.5, 0.6) is 5.75 Å². The summed E-state index contributed by atoms with van der Waals surface area (Å²) in [5.41, 5.74) is -0.319. The molecule has 2 aromatic carbocycles. The van der Waals surface area contributed by atoms with E-state index in [-0.39, 0.29) is 38.6 Å². The lowest BCUT2D eigenvalue weighted by Crippen LogP contribution is -2.43. The molecule has 0 bridgehead atoms. The minimum Gasteiger partial charge on any atom is -0.497 e. The van der Waals surface area contributed by atoms with Crippen LogP contribution in [0.2, 0.25) is 0 Å². The van der Waals surface area contributed by atoms with Crippen LogP contribution < -0.4 is 4.74 Å². The molecule has 2 aromatic rings. The quantitative estimate of drug-likeness (QED) is 0.384. The maximum absolute atomic E-state index is 13.5. The second-order valence-electron chi connectivity index (χ2n) is 10.2. The number of esters is 2. The van der Waals surface area contributed by atoms with Gasteiger partial charge in [-0.25, -0.2) is 4.79 Å². The summed E-state index contributed by atoms with van der Waals surface area (Å²) in [5, 5.41) is 0. The number of hydrogen-bond acceptors (Lipinski definition) is 7. The van der Waals surface area contributed by atoms with Crippen LogP contribution in [0.1, 0.15) is 45.2 Å². The molecule has 0 aromatic heterocycles. The van der Waals surface area contributed by atoms with Crippen LogP contribution in [0.25, 0.3) is 0 Å². The minimum absolute atomic E-state index is 0.00246. The highest BCUT2D eigenvalue weighted by atomic mass is 16.6. The Bertz CT molecular complexity index is 1050.